The van der Waals surface area contributed by atoms with Crippen molar-refractivity contribution in [2.75, 3.05) is 11.9 Å². The number of benzene rings is 1. The maximum absolute atomic E-state index is 8.67. The predicted molar refractivity (Wildman–Crippen MR) is 78.9 cm³/mol. The van der Waals surface area contributed by atoms with Crippen LogP contribution in [-0.2, 0) is 0 Å². The van der Waals surface area contributed by atoms with Crippen LogP contribution in [0.5, 0.6) is 11.5 Å². The van der Waals surface area contributed by atoms with E-state index in [9.17, 15) is 0 Å². The molecule has 0 radical (unpaired) electrons. The minimum Gasteiger partial charge on any atom is -0.449 e. The first-order valence-electron chi connectivity index (χ1n) is 6.94. The van der Waals surface area contributed by atoms with Crippen molar-refractivity contribution >= 4 is 5.69 Å². The van der Waals surface area contributed by atoms with Gasteiger partial charge in [0.1, 0.15) is 0 Å². The molecular formula is C16H22N2O2. The smallest absolute Gasteiger partial charge is 0.246 e. The third-order valence-electron chi connectivity index (χ3n) is 3.34. The van der Waals surface area contributed by atoms with E-state index in [1.807, 2.05) is 32.0 Å². The summed E-state index contributed by atoms with van der Waals surface area (Å²) in [5.74, 6) is 0.964. The van der Waals surface area contributed by atoms with Crippen LogP contribution in [0.4, 0.5) is 5.69 Å². The van der Waals surface area contributed by atoms with Crippen molar-refractivity contribution in [3.8, 4) is 17.6 Å². The Morgan fingerprint density at radius 2 is 1.95 bits per heavy atom. The Morgan fingerprint density at radius 3 is 2.65 bits per heavy atom. The Morgan fingerprint density at radius 1 is 1.25 bits per heavy atom. The molecule has 0 atom stereocenters. The van der Waals surface area contributed by atoms with Gasteiger partial charge in [0.25, 0.3) is 0 Å². The fourth-order valence-corrected chi connectivity index (χ4v) is 2.16. The minimum absolute atomic E-state index is 0.0887. The lowest BCUT2D eigenvalue weighted by Crippen LogP contribution is -2.29. The van der Waals surface area contributed by atoms with Crippen LogP contribution in [0.25, 0.3) is 0 Å². The fraction of sp³-hybridized carbons (Fsp3) is 0.562. The summed E-state index contributed by atoms with van der Waals surface area (Å²) in [6, 6.07) is 8.08. The van der Waals surface area contributed by atoms with E-state index in [1.165, 1.54) is 0 Å². The normalized spacial score (nSPS) is 15.8. The Kier molecular flexibility index (Phi) is 3.80. The number of nitrogens with zero attached hydrogens (tertiary/aromatic N) is 1. The molecule has 0 amide bonds. The monoisotopic (exact) mass is 274 g/mol. The van der Waals surface area contributed by atoms with Gasteiger partial charge in [0.05, 0.1) is 6.07 Å². The second-order valence-corrected chi connectivity index (χ2v) is 6.44. The Bertz CT molecular complexity index is 530. The highest BCUT2D eigenvalue weighted by Gasteiger charge is 2.31. The molecule has 0 saturated heterocycles. The number of fused-ring (bicyclic) bond motifs is 1. The van der Waals surface area contributed by atoms with Crippen LogP contribution in [-0.4, -0.2) is 12.3 Å². The topological polar surface area (TPSA) is 54.3 Å². The molecule has 1 aliphatic heterocycles. The highest BCUT2D eigenvalue weighted by Crippen LogP contribution is 2.40. The summed E-state index contributed by atoms with van der Waals surface area (Å²) < 4.78 is 11.4. The summed E-state index contributed by atoms with van der Waals surface area (Å²) in [5.41, 5.74) is 1.10. The lowest BCUT2D eigenvalue weighted by molar-refractivity contribution is -0.0431. The van der Waals surface area contributed by atoms with Gasteiger partial charge >= 0.3 is 0 Å². The molecule has 0 fully saturated rings. The minimum atomic E-state index is -0.590. The lowest BCUT2D eigenvalue weighted by atomic mass is 9.88. The summed E-state index contributed by atoms with van der Waals surface area (Å²) >= 11 is 0. The standard InChI is InChI=1S/C16H22N2O2/c1-15(2,8-5-9-17)11-18-12-6-7-13-14(10-12)20-16(3,4)19-13/h6-7,10,18H,5,8,11H2,1-4H3. The third-order valence-corrected chi connectivity index (χ3v) is 3.34. The molecule has 1 N–H and O–H groups in total. The van der Waals surface area contributed by atoms with Crippen LogP contribution in [0.3, 0.4) is 0 Å². The summed E-state index contributed by atoms with van der Waals surface area (Å²) in [4.78, 5) is 0. The zero-order valence-electron chi connectivity index (χ0n) is 12.6. The van der Waals surface area contributed by atoms with Crippen molar-refractivity contribution in [2.24, 2.45) is 5.41 Å². The van der Waals surface area contributed by atoms with E-state index in [2.05, 4.69) is 25.2 Å². The van der Waals surface area contributed by atoms with Gasteiger partial charge in [-0.05, 0) is 24.0 Å². The van der Waals surface area contributed by atoms with Crippen LogP contribution in [0, 0.1) is 16.7 Å². The molecule has 108 valence electrons. The highest BCUT2D eigenvalue weighted by molar-refractivity contribution is 5.56. The van der Waals surface area contributed by atoms with Gasteiger partial charge in [-0.2, -0.15) is 5.26 Å². The van der Waals surface area contributed by atoms with Gasteiger partial charge in [-0.25, -0.2) is 0 Å². The summed E-state index contributed by atoms with van der Waals surface area (Å²) in [6.07, 6.45) is 1.47. The zero-order valence-corrected chi connectivity index (χ0v) is 12.6. The van der Waals surface area contributed by atoms with Crippen molar-refractivity contribution in [2.45, 2.75) is 46.3 Å². The molecule has 0 aromatic heterocycles. The van der Waals surface area contributed by atoms with Crippen LogP contribution >= 0.6 is 0 Å². The Balaban J connectivity index is 1.98. The molecule has 0 aliphatic carbocycles. The second-order valence-electron chi connectivity index (χ2n) is 6.44. The molecule has 0 spiro atoms. The third kappa shape index (κ3) is 3.57. The van der Waals surface area contributed by atoms with Crippen LogP contribution in [0.2, 0.25) is 0 Å². The maximum Gasteiger partial charge on any atom is 0.246 e. The van der Waals surface area contributed by atoms with E-state index < -0.39 is 5.79 Å². The predicted octanol–water partition coefficient (Wildman–Crippen LogP) is 3.94. The highest BCUT2D eigenvalue weighted by atomic mass is 16.7. The maximum atomic E-state index is 8.67. The van der Waals surface area contributed by atoms with Gasteiger partial charge in [0, 0.05) is 38.6 Å². The van der Waals surface area contributed by atoms with Crippen molar-refractivity contribution in [1.82, 2.24) is 0 Å². The zero-order chi connectivity index (χ0) is 14.8. The quantitative estimate of drug-likeness (QED) is 0.883. The van der Waals surface area contributed by atoms with Crippen LogP contribution in [0.15, 0.2) is 18.2 Å². The molecule has 0 saturated carbocycles. The first-order valence-corrected chi connectivity index (χ1v) is 6.94. The average Bonchev–Trinajstić information content (AvgIpc) is 2.67. The van der Waals surface area contributed by atoms with Crippen molar-refractivity contribution in [3.05, 3.63) is 18.2 Å². The number of hydrogen-bond donors (Lipinski definition) is 1. The summed E-state index contributed by atoms with van der Waals surface area (Å²) in [6.45, 7) is 8.93. The van der Waals surface area contributed by atoms with E-state index in [1.54, 1.807) is 0 Å². The van der Waals surface area contributed by atoms with Crippen molar-refractivity contribution in [3.63, 3.8) is 0 Å². The summed E-state index contributed by atoms with van der Waals surface area (Å²) in [7, 11) is 0. The number of hydrogen-bond acceptors (Lipinski definition) is 4. The molecule has 1 heterocycles. The van der Waals surface area contributed by atoms with Crippen LogP contribution < -0.4 is 14.8 Å². The van der Waals surface area contributed by atoms with Gasteiger partial charge < -0.3 is 14.8 Å². The first-order chi connectivity index (χ1) is 9.31. The van der Waals surface area contributed by atoms with Gasteiger partial charge in [0.2, 0.25) is 5.79 Å². The number of rotatable bonds is 5. The molecule has 0 bridgehead atoms. The molecule has 0 unspecified atom stereocenters. The van der Waals surface area contributed by atoms with Gasteiger partial charge in [-0.3, -0.25) is 0 Å². The van der Waals surface area contributed by atoms with E-state index in [0.29, 0.717) is 6.42 Å². The molecule has 4 nitrogen and oxygen atoms in total. The number of anilines is 1. The van der Waals surface area contributed by atoms with Gasteiger partial charge in [-0.15, -0.1) is 0 Å². The number of nitrogens with one attached hydrogen (secondary N) is 1. The van der Waals surface area contributed by atoms with E-state index >= 15 is 0 Å². The average molecular weight is 274 g/mol. The molecule has 1 aromatic rings. The van der Waals surface area contributed by atoms with Crippen LogP contribution in [0.1, 0.15) is 40.5 Å². The fourth-order valence-electron chi connectivity index (χ4n) is 2.16. The lowest BCUT2D eigenvalue weighted by Gasteiger charge is -2.24. The summed E-state index contributed by atoms with van der Waals surface area (Å²) in [5, 5.41) is 12.1. The van der Waals surface area contributed by atoms with Crippen molar-refractivity contribution < 1.29 is 9.47 Å². The molecular weight excluding hydrogens is 252 g/mol. The SMILES string of the molecule is CC(C)(CCC#N)CNc1ccc2c(c1)OC(C)(C)O2. The molecule has 2 rings (SSSR count). The molecule has 1 aromatic carbocycles. The molecule has 20 heavy (non-hydrogen) atoms. The molecule has 1 aliphatic rings. The van der Waals surface area contributed by atoms with Crippen molar-refractivity contribution in [1.29, 1.82) is 5.26 Å². The first kappa shape index (κ1) is 14.5. The van der Waals surface area contributed by atoms with Gasteiger partial charge in [-0.1, -0.05) is 13.8 Å². The molecule has 4 heteroatoms. The van der Waals surface area contributed by atoms with E-state index in [-0.39, 0.29) is 5.41 Å². The Labute approximate surface area is 120 Å². The Hall–Kier alpha value is -1.89. The van der Waals surface area contributed by atoms with E-state index in [0.717, 1.165) is 30.2 Å². The van der Waals surface area contributed by atoms with Gasteiger partial charge in [0.15, 0.2) is 11.5 Å². The van der Waals surface area contributed by atoms with E-state index in [4.69, 9.17) is 14.7 Å². The largest absolute Gasteiger partial charge is 0.449 e. The number of ether oxygens (including phenoxy) is 2. The number of nitriles is 1. The second kappa shape index (κ2) is 5.24.